The highest BCUT2D eigenvalue weighted by atomic mass is 35.5. The van der Waals surface area contributed by atoms with E-state index in [9.17, 15) is 9.59 Å². The SMILES string of the molecule is C=CC(=O)OCCOCCSc1ccc(Sc2ccc(SCCOCCOC(=O)C=C)c(Cl)c2)cc1Cl. The van der Waals surface area contributed by atoms with E-state index in [-0.39, 0.29) is 13.2 Å². The van der Waals surface area contributed by atoms with Gasteiger partial charge in [-0.2, -0.15) is 0 Å². The van der Waals surface area contributed by atoms with Gasteiger partial charge in [0.05, 0.1) is 36.5 Å². The summed E-state index contributed by atoms with van der Waals surface area (Å²) >= 11 is 17.7. The zero-order chi connectivity index (χ0) is 26.9. The minimum absolute atomic E-state index is 0.205. The number of hydrogen-bond acceptors (Lipinski definition) is 9. The Labute approximate surface area is 240 Å². The van der Waals surface area contributed by atoms with E-state index in [1.54, 1.807) is 35.3 Å². The highest BCUT2D eigenvalue weighted by molar-refractivity contribution is 8.00. The summed E-state index contributed by atoms with van der Waals surface area (Å²) < 4.78 is 20.6. The maximum absolute atomic E-state index is 11.0. The molecule has 200 valence electrons. The third-order valence-electron chi connectivity index (χ3n) is 4.29. The molecule has 0 spiro atoms. The van der Waals surface area contributed by atoms with Gasteiger partial charge >= 0.3 is 11.9 Å². The summed E-state index contributed by atoms with van der Waals surface area (Å²) in [5, 5.41) is 1.35. The van der Waals surface area contributed by atoms with E-state index in [1.807, 2.05) is 36.4 Å². The molecule has 0 saturated heterocycles. The second kappa shape index (κ2) is 18.6. The lowest BCUT2D eigenvalue weighted by Crippen LogP contribution is -2.09. The number of rotatable bonds is 18. The molecule has 0 unspecified atom stereocenters. The summed E-state index contributed by atoms with van der Waals surface area (Å²) in [6, 6.07) is 11.9. The molecular formula is C26H28Cl2O6S3. The highest BCUT2D eigenvalue weighted by Gasteiger charge is 2.08. The normalized spacial score (nSPS) is 10.6. The third-order valence-corrected chi connectivity index (χ3v) is 8.19. The molecule has 0 atom stereocenters. The zero-order valence-corrected chi connectivity index (χ0v) is 24.1. The van der Waals surface area contributed by atoms with Crippen molar-refractivity contribution < 1.29 is 28.5 Å². The van der Waals surface area contributed by atoms with Crippen LogP contribution in [0.15, 0.2) is 81.3 Å². The summed E-state index contributed by atoms with van der Waals surface area (Å²) in [6.07, 6.45) is 2.25. The van der Waals surface area contributed by atoms with Crippen LogP contribution in [0.1, 0.15) is 0 Å². The average molecular weight is 604 g/mol. The monoisotopic (exact) mass is 602 g/mol. The Morgan fingerprint density at radius 2 is 1.14 bits per heavy atom. The number of halogens is 2. The van der Waals surface area contributed by atoms with Gasteiger partial charge in [-0.1, -0.05) is 48.1 Å². The van der Waals surface area contributed by atoms with Gasteiger partial charge in [0, 0.05) is 43.2 Å². The van der Waals surface area contributed by atoms with Crippen LogP contribution in [0.2, 0.25) is 10.0 Å². The van der Waals surface area contributed by atoms with Crippen molar-refractivity contribution in [3.05, 3.63) is 71.8 Å². The molecule has 0 N–H and O–H groups in total. The number of benzene rings is 2. The number of esters is 2. The molecule has 2 aromatic carbocycles. The Bertz CT molecular complexity index is 969. The molecule has 0 aliphatic carbocycles. The molecule has 0 fully saturated rings. The molecule has 0 aliphatic heterocycles. The van der Waals surface area contributed by atoms with Crippen LogP contribution in [0.4, 0.5) is 0 Å². The lowest BCUT2D eigenvalue weighted by molar-refractivity contribution is -0.140. The molecule has 2 rings (SSSR count). The van der Waals surface area contributed by atoms with Gasteiger partial charge < -0.3 is 18.9 Å². The van der Waals surface area contributed by atoms with Crippen LogP contribution >= 0.6 is 58.5 Å². The predicted molar refractivity (Wildman–Crippen MR) is 152 cm³/mol. The van der Waals surface area contributed by atoms with E-state index >= 15 is 0 Å². The van der Waals surface area contributed by atoms with Crippen LogP contribution in [0.5, 0.6) is 0 Å². The summed E-state index contributed by atoms with van der Waals surface area (Å²) in [5.74, 6) is 0.543. The second-order valence-electron chi connectivity index (χ2n) is 6.95. The number of thioether (sulfide) groups is 2. The number of carbonyl (C=O) groups excluding carboxylic acids is 2. The maximum atomic E-state index is 11.0. The van der Waals surface area contributed by atoms with Crippen LogP contribution in [-0.4, -0.2) is 63.1 Å². The van der Waals surface area contributed by atoms with Crippen LogP contribution < -0.4 is 0 Å². The van der Waals surface area contributed by atoms with Gasteiger partial charge in [-0.25, -0.2) is 9.59 Å². The van der Waals surface area contributed by atoms with Crippen LogP contribution in [0.3, 0.4) is 0 Å². The van der Waals surface area contributed by atoms with E-state index in [1.165, 1.54) is 0 Å². The fourth-order valence-corrected chi connectivity index (χ4v) is 5.89. The van der Waals surface area contributed by atoms with E-state index in [0.717, 1.165) is 43.2 Å². The minimum Gasteiger partial charge on any atom is -0.460 e. The smallest absolute Gasteiger partial charge is 0.330 e. The molecule has 6 nitrogen and oxygen atoms in total. The third kappa shape index (κ3) is 13.2. The van der Waals surface area contributed by atoms with Crippen molar-refractivity contribution in [2.75, 3.05) is 51.1 Å². The zero-order valence-electron chi connectivity index (χ0n) is 20.1. The molecule has 0 aromatic heterocycles. The number of carbonyl (C=O) groups is 2. The van der Waals surface area contributed by atoms with Crippen molar-refractivity contribution in [1.82, 2.24) is 0 Å². The number of hydrogen-bond donors (Lipinski definition) is 0. The molecule has 0 amide bonds. The average Bonchev–Trinajstić information content (AvgIpc) is 2.89. The molecule has 2 aromatic rings. The summed E-state index contributed by atoms with van der Waals surface area (Å²) in [6.45, 7) is 8.80. The fraction of sp³-hybridized carbons (Fsp3) is 0.308. The Balaban J connectivity index is 1.70. The lowest BCUT2D eigenvalue weighted by Gasteiger charge is -2.10. The second-order valence-corrected chi connectivity index (χ2v) is 11.2. The molecule has 0 heterocycles. The first-order chi connectivity index (χ1) is 17.9. The molecule has 37 heavy (non-hydrogen) atoms. The number of ether oxygens (including phenoxy) is 4. The van der Waals surface area contributed by atoms with Crippen molar-refractivity contribution in [2.24, 2.45) is 0 Å². The van der Waals surface area contributed by atoms with Crippen LogP contribution in [0.25, 0.3) is 0 Å². The van der Waals surface area contributed by atoms with Gasteiger partial charge in [-0.05, 0) is 36.4 Å². The highest BCUT2D eigenvalue weighted by Crippen LogP contribution is 2.37. The van der Waals surface area contributed by atoms with Gasteiger partial charge in [0.2, 0.25) is 0 Å². The van der Waals surface area contributed by atoms with Gasteiger partial charge in [-0.3, -0.25) is 0 Å². The summed E-state index contributed by atoms with van der Waals surface area (Å²) in [4.78, 5) is 25.9. The van der Waals surface area contributed by atoms with E-state index < -0.39 is 11.9 Å². The predicted octanol–water partition coefficient (Wildman–Crippen LogP) is 6.82. The fourth-order valence-electron chi connectivity index (χ4n) is 2.61. The van der Waals surface area contributed by atoms with Gasteiger partial charge in [0.15, 0.2) is 0 Å². The van der Waals surface area contributed by atoms with Gasteiger partial charge in [0.1, 0.15) is 13.2 Å². The van der Waals surface area contributed by atoms with Gasteiger partial charge in [-0.15, -0.1) is 23.5 Å². The maximum Gasteiger partial charge on any atom is 0.330 e. The first kappa shape index (κ1) is 31.6. The van der Waals surface area contributed by atoms with Crippen molar-refractivity contribution in [3.63, 3.8) is 0 Å². The van der Waals surface area contributed by atoms with Crippen molar-refractivity contribution in [1.29, 1.82) is 0 Å². The molecule has 0 saturated carbocycles. The first-order valence-electron chi connectivity index (χ1n) is 11.2. The summed E-state index contributed by atoms with van der Waals surface area (Å²) in [5.41, 5.74) is 0. The summed E-state index contributed by atoms with van der Waals surface area (Å²) in [7, 11) is 0. The minimum atomic E-state index is -0.455. The van der Waals surface area contributed by atoms with Crippen molar-refractivity contribution in [2.45, 2.75) is 19.6 Å². The molecule has 0 radical (unpaired) electrons. The van der Waals surface area contributed by atoms with E-state index in [0.29, 0.717) is 36.5 Å². The van der Waals surface area contributed by atoms with Crippen molar-refractivity contribution in [3.8, 4) is 0 Å². The quantitative estimate of drug-likeness (QED) is 0.0790. The Morgan fingerprint density at radius 1 is 0.703 bits per heavy atom. The van der Waals surface area contributed by atoms with E-state index in [4.69, 9.17) is 42.1 Å². The lowest BCUT2D eigenvalue weighted by atomic mass is 10.3. The largest absolute Gasteiger partial charge is 0.460 e. The Kier molecular flexibility index (Phi) is 15.9. The standard InChI is InChI=1S/C26H28Cl2O6S3/c1-3-25(29)33-11-9-31-13-15-35-23-7-5-19(17-21(23)27)37-20-6-8-24(22(28)18-20)36-16-14-32-10-12-34-26(30)4-2/h3-8,17-18H,1-2,9-16H2. The topological polar surface area (TPSA) is 71.1 Å². The van der Waals surface area contributed by atoms with Crippen molar-refractivity contribution >= 4 is 70.4 Å². The van der Waals surface area contributed by atoms with E-state index in [2.05, 4.69) is 13.2 Å². The molecule has 0 aliphatic rings. The molecular weight excluding hydrogens is 575 g/mol. The molecule has 0 bridgehead atoms. The Morgan fingerprint density at radius 3 is 1.51 bits per heavy atom. The van der Waals surface area contributed by atoms with Crippen LogP contribution in [0, 0.1) is 0 Å². The van der Waals surface area contributed by atoms with Crippen LogP contribution in [-0.2, 0) is 28.5 Å². The molecule has 11 heteroatoms. The first-order valence-corrected chi connectivity index (χ1v) is 14.7. The van der Waals surface area contributed by atoms with Gasteiger partial charge in [0.25, 0.3) is 0 Å². The Hall–Kier alpha value is -1.59.